The molecule has 2 aromatic rings. The number of benzene rings is 2. The van der Waals surface area contributed by atoms with Crippen molar-refractivity contribution in [2.75, 3.05) is 26.2 Å². The molecule has 0 aliphatic heterocycles. The van der Waals surface area contributed by atoms with Crippen LogP contribution >= 0.6 is 8.25 Å². The van der Waals surface area contributed by atoms with Crippen molar-refractivity contribution in [3.63, 3.8) is 0 Å². The molecule has 0 aromatic heterocycles. The molecule has 12 heteroatoms. The van der Waals surface area contributed by atoms with E-state index in [1.54, 1.807) is 24.3 Å². The van der Waals surface area contributed by atoms with Gasteiger partial charge in [-0.1, -0.05) is 44.9 Å². The van der Waals surface area contributed by atoms with E-state index in [4.69, 9.17) is 9.63 Å². The topological polar surface area (TPSA) is 143 Å². The van der Waals surface area contributed by atoms with Crippen LogP contribution in [-0.2, 0) is 19.1 Å². The number of rotatable bonds is 12. The molecule has 0 spiro atoms. The highest BCUT2D eigenvalue weighted by molar-refractivity contribution is 7.89. The second-order valence-electron chi connectivity index (χ2n) is 6.62. The Balaban J connectivity index is 0.00000125. The van der Waals surface area contributed by atoms with Crippen molar-refractivity contribution in [1.82, 2.24) is 15.4 Å². The first kappa shape index (κ1) is 28.6. The van der Waals surface area contributed by atoms with Gasteiger partial charge in [0.15, 0.2) is 0 Å². The van der Waals surface area contributed by atoms with Crippen LogP contribution in [0.15, 0.2) is 59.5 Å². The van der Waals surface area contributed by atoms with Gasteiger partial charge < -0.3 is 24.8 Å². The number of unbranched alkanes of at least 4 members (excludes halogenated alkanes) is 1. The van der Waals surface area contributed by atoms with Crippen molar-refractivity contribution in [2.45, 2.75) is 31.6 Å². The Bertz CT molecular complexity index is 940. The largest absolute Gasteiger partial charge is 0.457 e. The van der Waals surface area contributed by atoms with E-state index in [0.717, 1.165) is 0 Å². The van der Waals surface area contributed by atoms with Gasteiger partial charge in [-0.2, -0.15) is 0 Å². The Hall–Kier alpha value is -2.43. The first-order chi connectivity index (χ1) is 15.8. The molecule has 0 saturated heterocycles. The molecular weight excluding hydrogens is 469 g/mol. The minimum absolute atomic E-state index is 0.113. The molecule has 1 atom stereocenters. The summed E-state index contributed by atoms with van der Waals surface area (Å²) in [6.45, 7) is 5.31. The lowest BCUT2D eigenvalue weighted by Crippen LogP contribution is -2.36. The highest BCUT2D eigenvalue weighted by atomic mass is 32.2. The minimum atomic E-state index is -3.66. The van der Waals surface area contributed by atoms with Crippen LogP contribution in [0.3, 0.4) is 0 Å². The Kier molecular flexibility index (Phi) is 14.1. The predicted molar refractivity (Wildman–Crippen MR) is 127 cm³/mol. The van der Waals surface area contributed by atoms with Gasteiger partial charge >= 0.3 is 14.3 Å². The molecule has 10 nitrogen and oxygen atoms in total. The fourth-order valence-electron chi connectivity index (χ4n) is 2.16. The third-order valence-corrected chi connectivity index (χ3v) is 5.79. The summed E-state index contributed by atoms with van der Waals surface area (Å²) >= 11 is 0. The van der Waals surface area contributed by atoms with E-state index in [-0.39, 0.29) is 18.0 Å². The van der Waals surface area contributed by atoms with Crippen LogP contribution in [0.4, 0.5) is 4.79 Å². The Morgan fingerprint density at radius 2 is 1.48 bits per heavy atom. The molecule has 0 aliphatic carbocycles. The molecule has 1 amide bonds. The number of para-hydroxylation sites is 1. The van der Waals surface area contributed by atoms with Crippen LogP contribution in [0.25, 0.3) is 0 Å². The summed E-state index contributed by atoms with van der Waals surface area (Å²) in [6, 6.07) is 15.2. The third-order valence-electron chi connectivity index (χ3n) is 3.96. The van der Waals surface area contributed by atoms with E-state index in [1.165, 1.54) is 25.0 Å². The molecule has 184 valence electrons. The maximum atomic E-state index is 12.3. The van der Waals surface area contributed by atoms with Crippen LogP contribution in [0.2, 0.25) is 0 Å². The molecule has 0 saturated carbocycles. The summed E-state index contributed by atoms with van der Waals surface area (Å²) in [5.41, 5.74) is 0. The monoisotopic (exact) mass is 501 g/mol. The molecular formula is C21H32N3O7PS. The summed E-state index contributed by atoms with van der Waals surface area (Å²) in [7, 11) is -6.98. The Morgan fingerprint density at radius 3 is 2.06 bits per heavy atom. The van der Waals surface area contributed by atoms with Gasteiger partial charge in [0.05, 0.1) is 4.90 Å². The molecule has 0 bridgehead atoms. The number of amides is 1. The smallest absolute Gasteiger partial charge is 0.413 e. The molecule has 0 heterocycles. The van der Waals surface area contributed by atoms with Crippen LogP contribution in [-0.4, -0.2) is 45.6 Å². The van der Waals surface area contributed by atoms with E-state index >= 15 is 0 Å². The summed E-state index contributed by atoms with van der Waals surface area (Å²) in [6.07, 6.45) is 1.65. The summed E-state index contributed by atoms with van der Waals surface area (Å²) in [5, 5.41) is 5.17. The van der Waals surface area contributed by atoms with Crippen LogP contribution in [0, 0.1) is 0 Å². The van der Waals surface area contributed by atoms with E-state index in [0.29, 0.717) is 24.6 Å². The lowest BCUT2D eigenvalue weighted by molar-refractivity contribution is 0.197. The normalized spacial score (nSPS) is 11.6. The van der Waals surface area contributed by atoms with Crippen LogP contribution in [0.1, 0.15) is 26.7 Å². The standard InChI is InChI=1S/C17H22N3O7PS.C4H10/c21-17(27-28(22)23)19-12-10-18-11-13-20-29(24,25)16-8-6-15(7-9-16)26-14-4-2-1-3-5-14;1-3-4-2/h1-9,18,20,28H,10-13H2,(H,19,21)(H,22,23);3-4H2,1-2H3. The van der Waals surface area contributed by atoms with Crippen molar-refractivity contribution < 1.29 is 31.9 Å². The number of ether oxygens (including phenoxy) is 1. The van der Waals surface area contributed by atoms with Crippen molar-refractivity contribution >= 4 is 24.4 Å². The summed E-state index contributed by atoms with van der Waals surface area (Å²) in [4.78, 5) is 19.5. The molecule has 33 heavy (non-hydrogen) atoms. The van der Waals surface area contributed by atoms with Gasteiger partial charge in [0.25, 0.3) is 0 Å². The Labute approximate surface area is 195 Å². The van der Waals surface area contributed by atoms with Gasteiger partial charge in [-0.15, -0.1) is 0 Å². The van der Waals surface area contributed by atoms with Crippen LogP contribution < -0.4 is 20.1 Å². The molecule has 1 unspecified atom stereocenters. The third kappa shape index (κ3) is 13.0. The van der Waals surface area contributed by atoms with Gasteiger partial charge in [-0.25, -0.2) is 22.5 Å². The summed E-state index contributed by atoms with van der Waals surface area (Å²) in [5.74, 6) is 1.18. The molecule has 0 aliphatic rings. The van der Waals surface area contributed by atoms with Crippen molar-refractivity contribution in [2.24, 2.45) is 0 Å². The zero-order chi connectivity index (χ0) is 24.5. The number of carbonyl (C=O) groups is 1. The van der Waals surface area contributed by atoms with Gasteiger partial charge in [0.1, 0.15) is 11.5 Å². The average Bonchev–Trinajstić information content (AvgIpc) is 2.79. The first-order valence-corrected chi connectivity index (χ1v) is 13.2. The highest BCUT2D eigenvalue weighted by Gasteiger charge is 2.13. The highest BCUT2D eigenvalue weighted by Crippen LogP contribution is 2.22. The van der Waals surface area contributed by atoms with E-state index < -0.39 is 24.4 Å². The van der Waals surface area contributed by atoms with E-state index in [2.05, 4.69) is 33.7 Å². The molecule has 0 radical (unpaired) electrons. The Morgan fingerprint density at radius 1 is 0.909 bits per heavy atom. The van der Waals surface area contributed by atoms with E-state index in [1.807, 2.05) is 18.2 Å². The lowest BCUT2D eigenvalue weighted by atomic mass is 10.3. The number of carbonyl (C=O) groups excluding carboxylic acids is 1. The molecule has 4 N–H and O–H groups in total. The van der Waals surface area contributed by atoms with Gasteiger partial charge in [0.2, 0.25) is 10.0 Å². The minimum Gasteiger partial charge on any atom is -0.457 e. The zero-order valence-corrected chi connectivity index (χ0v) is 20.6. The second kappa shape index (κ2) is 16.2. The summed E-state index contributed by atoms with van der Waals surface area (Å²) < 4.78 is 47.0. The second-order valence-corrected chi connectivity index (χ2v) is 9.12. The van der Waals surface area contributed by atoms with Gasteiger partial charge in [-0.05, 0) is 36.4 Å². The van der Waals surface area contributed by atoms with E-state index in [9.17, 15) is 17.8 Å². The predicted octanol–water partition coefficient (Wildman–Crippen LogP) is 3.26. The zero-order valence-electron chi connectivity index (χ0n) is 18.7. The SMILES string of the molecule is CCCC.O=C(NCCNCCNS(=O)(=O)c1ccc(Oc2ccccc2)cc1)O[PH](=O)O. The number of hydrogen-bond acceptors (Lipinski definition) is 7. The van der Waals surface area contributed by atoms with Crippen LogP contribution in [0.5, 0.6) is 11.5 Å². The van der Waals surface area contributed by atoms with Crippen molar-refractivity contribution in [1.29, 1.82) is 0 Å². The van der Waals surface area contributed by atoms with Crippen molar-refractivity contribution in [3.8, 4) is 11.5 Å². The van der Waals surface area contributed by atoms with Gasteiger partial charge in [-0.3, -0.25) is 0 Å². The maximum Gasteiger partial charge on any atom is 0.413 e. The fourth-order valence-corrected chi connectivity index (χ4v) is 3.42. The number of sulfonamides is 1. The lowest BCUT2D eigenvalue weighted by Gasteiger charge is -2.09. The average molecular weight is 502 g/mol. The number of nitrogens with one attached hydrogen (secondary N) is 3. The molecule has 2 aromatic carbocycles. The fraction of sp³-hybridized carbons (Fsp3) is 0.381. The maximum absolute atomic E-state index is 12.3. The number of hydrogen-bond donors (Lipinski definition) is 4. The van der Waals surface area contributed by atoms with Crippen molar-refractivity contribution in [3.05, 3.63) is 54.6 Å². The molecule has 2 rings (SSSR count). The molecule has 0 fully saturated rings. The van der Waals surface area contributed by atoms with Gasteiger partial charge in [0, 0.05) is 26.2 Å². The quantitative estimate of drug-likeness (QED) is 0.256. The first-order valence-electron chi connectivity index (χ1n) is 10.5.